The minimum Gasteiger partial charge on any atom is -0.326 e. The number of halogens is 1. The highest BCUT2D eigenvalue weighted by Gasteiger charge is 2.22. The quantitative estimate of drug-likeness (QED) is 0.316. The molecule has 0 aromatic heterocycles. The van der Waals surface area contributed by atoms with Gasteiger partial charge >= 0.3 is 6.03 Å². The van der Waals surface area contributed by atoms with Crippen LogP contribution < -0.4 is 0 Å². The van der Waals surface area contributed by atoms with Crippen LogP contribution in [0, 0.1) is 0 Å². The van der Waals surface area contributed by atoms with Crippen LogP contribution in [0.3, 0.4) is 0 Å². The SMILES string of the molecule is CCCCCCCCCC(=O)N(Cl)C(=O)N(C)CCCS(=O)(=O)O. The third-order valence-electron chi connectivity index (χ3n) is 3.60. The molecule has 0 unspecified atom stereocenters. The Balaban J connectivity index is 3.98. The Bertz CT molecular complexity index is 484. The molecule has 9 heteroatoms. The summed E-state index contributed by atoms with van der Waals surface area (Å²) in [6.07, 6.45) is 7.75. The fourth-order valence-corrected chi connectivity index (χ4v) is 2.88. The highest BCUT2D eigenvalue weighted by Crippen LogP contribution is 2.11. The molecule has 0 saturated heterocycles. The van der Waals surface area contributed by atoms with Gasteiger partial charge in [-0.25, -0.2) is 4.79 Å². The fraction of sp³-hybridized carbons (Fsp3) is 0.867. The van der Waals surface area contributed by atoms with Crippen LogP contribution >= 0.6 is 11.8 Å². The van der Waals surface area contributed by atoms with Gasteiger partial charge in [0.1, 0.15) is 0 Å². The van der Waals surface area contributed by atoms with Crippen molar-refractivity contribution in [2.45, 2.75) is 64.7 Å². The van der Waals surface area contributed by atoms with Crippen LogP contribution in [-0.2, 0) is 14.9 Å². The second kappa shape index (κ2) is 12.5. The van der Waals surface area contributed by atoms with Crippen molar-refractivity contribution in [1.29, 1.82) is 0 Å². The summed E-state index contributed by atoms with van der Waals surface area (Å²) in [5.74, 6) is -0.907. The summed E-state index contributed by atoms with van der Waals surface area (Å²) < 4.78 is 30.4. The number of nitrogens with zero attached hydrogens (tertiary/aromatic N) is 2. The number of hydrogen-bond donors (Lipinski definition) is 1. The molecule has 0 radical (unpaired) electrons. The highest BCUT2D eigenvalue weighted by atomic mass is 35.5. The van der Waals surface area contributed by atoms with E-state index in [1.165, 1.54) is 26.3 Å². The molecule has 1 N–H and O–H groups in total. The number of hydrogen-bond acceptors (Lipinski definition) is 4. The predicted octanol–water partition coefficient (Wildman–Crippen LogP) is 3.44. The Morgan fingerprint density at radius 1 is 1.00 bits per heavy atom. The lowest BCUT2D eigenvalue weighted by molar-refractivity contribution is -0.125. The standard InChI is InChI=1S/C15H29ClN2O5S/c1-3-4-5-6-7-8-9-11-14(19)18(16)15(20)17(2)12-10-13-24(21,22)23/h3-13H2,1-2H3,(H,21,22,23). The van der Waals surface area contributed by atoms with Gasteiger partial charge in [-0.2, -0.15) is 12.8 Å². The average molecular weight is 385 g/mol. The summed E-state index contributed by atoms with van der Waals surface area (Å²) in [4.78, 5) is 25.0. The zero-order valence-electron chi connectivity index (χ0n) is 14.5. The van der Waals surface area contributed by atoms with Gasteiger partial charge in [0.15, 0.2) is 0 Å². The summed E-state index contributed by atoms with van der Waals surface area (Å²) in [5, 5.41) is 0. The minimum absolute atomic E-state index is 0.0672. The maximum Gasteiger partial charge on any atom is 0.341 e. The number of unbranched alkanes of at least 4 members (excludes halogenated alkanes) is 6. The average Bonchev–Trinajstić information content (AvgIpc) is 2.51. The molecule has 0 bridgehead atoms. The zero-order chi connectivity index (χ0) is 18.6. The van der Waals surface area contributed by atoms with Gasteiger partial charge < -0.3 is 4.90 Å². The van der Waals surface area contributed by atoms with E-state index in [0.717, 1.165) is 24.2 Å². The lowest BCUT2D eigenvalue weighted by atomic mass is 10.1. The Morgan fingerprint density at radius 2 is 1.54 bits per heavy atom. The normalized spacial score (nSPS) is 11.3. The smallest absolute Gasteiger partial charge is 0.326 e. The summed E-state index contributed by atoms with van der Waals surface area (Å²) in [6, 6.07) is -0.694. The van der Waals surface area contributed by atoms with Gasteiger partial charge in [0, 0.05) is 31.8 Å². The lowest BCUT2D eigenvalue weighted by Gasteiger charge is -2.21. The van der Waals surface area contributed by atoms with E-state index in [4.69, 9.17) is 16.3 Å². The van der Waals surface area contributed by atoms with Crippen molar-refractivity contribution in [3.8, 4) is 0 Å². The van der Waals surface area contributed by atoms with E-state index < -0.39 is 27.8 Å². The van der Waals surface area contributed by atoms with Crippen LogP contribution in [0.15, 0.2) is 0 Å². The molecule has 0 aliphatic rings. The molecule has 0 aromatic rings. The van der Waals surface area contributed by atoms with Crippen LogP contribution in [0.4, 0.5) is 4.79 Å². The molecule has 0 rings (SSSR count). The van der Waals surface area contributed by atoms with Crippen LogP contribution in [0.2, 0.25) is 0 Å². The predicted molar refractivity (Wildman–Crippen MR) is 94.4 cm³/mol. The van der Waals surface area contributed by atoms with Crippen LogP contribution in [0.5, 0.6) is 0 Å². The molecular weight excluding hydrogens is 356 g/mol. The van der Waals surface area contributed by atoms with Crippen LogP contribution in [-0.4, -0.2) is 53.6 Å². The number of carbonyl (C=O) groups is 2. The summed E-state index contributed by atoms with van der Waals surface area (Å²) in [5.41, 5.74) is 0. The second-order valence-electron chi connectivity index (χ2n) is 5.89. The zero-order valence-corrected chi connectivity index (χ0v) is 16.1. The van der Waals surface area contributed by atoms with E-state index >= 15 is 0 Å². The Kier molecular flexibility index (Phi) is 12.0. The van der Waals surface area contributed by atoms with E-state index in [2.05, 4.69) is 6.92 Å². The molecule has 3 amide bonds. The van der Waals surface area contributed by atoms with Gasteiger partial charge in [-0.1, -0.05) is 45.4 Å². The van der Waals surface area contributed by atoms with E-state index in [0.29, 0.717) is 10.8 Å². The summed E-state index contributed by atoms with van der Waals surface area (Å²) >= 11 is 5.75. The molecule has 0 aliphatic carbocycles. The Labute approximate surface area is 150 Å². The van der Waals surface area contributed by atoms with E-state index in [1.807, 2.05) is 0 Å². The van der Waals surface area contributed by atoms with Gasteiger partial charge in [0.05, 0.1) is 5.75 Å². The van der Waals surface area contributed by atoms with Crippen molar-refractivity contribution < 1.29 is 22.6 Å². The van der Waals surface area contributed by atoms with Crippen molar-refractivity contribution in [3.05, 3.63) is 0 Å². The monoisotopic (exact) mass is 384 g/mol. The lowest BCUT2D eigenvalue weighted by Crippen LogP contribution is -2.39. The van der Waals surface area contributed by atoms with Gasteiger partial charge in [0.25, 0.3) is 10.1 Å². The first-order chi connectivity index (χ1) is 11.2. The van der Waals surface area contributed by atoms with Gasteiger partial charge in [-0.15, -0.1) is 0 Å². The molecule has 7 nitrogen and oxygen atoms in total. The molecule has 0 heterocycles. The van der Waals surface area contributed by atoms with E-state index in [-0.39, 0.29) is 19.4 Å². The number of imide groups is 1. The molecule has 0 saturated carbocycles. The third-order valence-corrected chi connectivity index (χ3v) is 4.74. The number of carbonyl (C=O) groups excluding carboxylic acids is 2. The Morgan fingerprint density at radius 3 is 2.08 bits per heavy atom. The van der Waals surface area contributed by atoms with Gasteiger partial charge in [0.2, 0.25) is 5.91 Å². The molecule has 142 valence electrons. The maximum atomic E-state index is 11.9. The first-order valence-corrected chi connectivity index (χ1v) is 10.3. The topological polar surface area (TPSA) is 95.0 Å². The van der Waals surface area contributed by atoms with Crippen LogP contribution in [0.25, 0.3) is 0 Å². The molecule has 0 aromatic carbocycles. The second-order valence-corrected chi connectivity index (χ2v) is 7.80. The molecule has 0 aliphatic heterocycles. The first kappa shape index (κ1) is 23.1. The molecule has 0 spiro atoms. The first-order valence-electron chi connectivity index (χ1n) is 8.38. The highest BCUT2D eigenvalue weighted by molar-refractivity contribution is 7.85. The molecular formula is C15H29ClN2O5S. The van der Waals surface area contributed by atoms with Crippen molar-refractivity contribution in [1.82, 2.24) is 9.32 Å². The summed E-state index contributed by atoms with van der Waals surface area (Å²) in [6.45, 7) is 2.23. The van der Waals surface area contributed by atoms with Gasteiger partial charge in [-0.05, 0) is 12.8 Å². The number of rotatable bonds is 12. The maximum absolute atomic E-state index is 11.9. The van der Waals surface area contributed by atoms with Crippen molar-refractivity contribution in [2.24, 2.45) is 0 Å². The number of urea groups is 1. The van der Waals surface area contributed by atoms with Crippen LogP contribution in [0.1, 0.15) is 64.7 Å². The third kappa shape index (κ3) is 11.6. The van der Waals surface area contributed by atoms with Crippen molar-refractivity contribution in [3.63, 3.8) is 0 Å². The van der Waals surface area contributed by atoms with Crippen molar-refractivity contribution in [2.75, 3.05) is 19.3 Å². The molecule has 0 fully saturated rings. The number of amides is 3. The largest absolute Gasteiger partial charge is 0.341 e. The van der Waals surface area contributed by atoms with Gasteiger partial charge in [-0.3, -0.25) is 9.35 Å². The van der Waals surface area contributed by atoms with E-state index in [9.17, 15) is 18.0 Å². The molecule has 0 atom stereocenters. The fourth-order valence-electron chi connectivity index (χ4n) is 2.17. The van der Waals surface area contributed by atoms with Crippen molar-refractivity contribution >= 4 is 33.8 Å². The molecule has 24 heavy (non-hydrogen) atoms. The van der Waals surface area contributed by atoms with E-state index in [1.54, 1.807) is 0 Å². The summed E-state index contributed by atoms with van der Waals surface area (Å²) in [7, 11) is -2.64. The Hall–Kier alpha value is -0.860. The minimum atomic E-state index is -4.06.